The zero-order valence-corrected chi connectivity index (χ0v) is 55.2. The van der Waals surface area contributed by atoms with Crippen LogP contribution in [0.1, 0.15) is 226 Å². The van der Waals surface area contributed by atoms with E-state index in [2.05, 4.69) is 142 Å². The first kappa shape index (κ1) is 82.7. The Morgan fingerprint density at radius 1 is 0.333 bits per heavy atom. The van der Waals surface area contributed by atoms with Crippen molar-refractivity contribution in [2.45, 2.75) is 245 Å². The summed E-state index contributed by atoms with van der Waals surface area (Å²) in [5.74, 6) is -1.69. The lowest BCUT2D eigenvalue weighted by Gasteiger charge is -2.21. The number of phosphoric ester groups is 2. The van der Waals surface area contributed by atoms with Gasteiger partial charge >= 0.3 is 33.6 Å². The van der Waals surface area contributed by atoms with Crippen LogP contribution in [0, 0.1) is 0 Å². The molecule has 0 fully saturated rings. The molecule has 0 spiro atoms. The summed E-state index contributed by atoms with van der Waals surface area (Å²) in [6, 6.07) is 0. The third kappa shape index (κ3) is 63.1. The second-order valence-corrected chi connectivity index (χ2v) is 24.1. The summed E-state index contributed by atoms with van der Waals surface area (Å²) in [6.07, 6.45) is 70.9. The summed E-state index contributed by atoms with van der Waals surface area (Å²) in [5.41, 5.74) is 0. The maximum Gasteiger partial charge on any atom is 0.472 e. The summed E-state index contributed by atoms with van der Waals surface area (Å²) in [7, 11) is -9.80. The van der Waals surface area contributed by atoms with E-state index in [1.807, 2.05) is 12.2 Å². The quantitative estimate of drug-likeness (QED) is 0.0146. The molecule has 0 amide bonds. The summed E-state index contributed by atoms with van der Waals surface area (Å²) >= 11 is 0. The molecule has 5 unspecified atom stereocenters. The molecule has 0 saturated heterocycles. The molecule has 0 aliphatic heterocycles. The molecule has 18 heteroatoms. The van der Waals surface area contributed by atoms with Crippen molar-refractivity contribution in [1.82, 2.24) is 0 Å². The van der Waals surface area contributed by atoms with Gasteiger partial charge in [-0.15, -0.1) is 0 Å². The van der Waals surface area contributed by atoms with Gasteiger partial charge in [0.25, 0.3) is 0 Å². The number of hydrogen-bond donors (Lipinski definition) is 4. The van der Waals surface area contributed by atoms with Crippen LogP contribution in [-0.2, 0) is 55.8 Å². The van der Waals surface area contributed by atoms with Crippen molar-refractivity contribution in [3.63, 3.8) is 0 Å². The minimum atomic E-state index is -4.94. The van der Waals surface area contributed by atoms with Gasteiger partial charge in [-0.25, -0.2) is 9.13 Å². The molecule has 0 heterocycles. The molecule has 16 nitrogen and oxygen atoms in total. The Morgan fingerprint density at radius 2 is 0.621 bits per heavy atom. The van der Waals surface area contributed by atoms with E-state index in [-0.39, 0.29) is 19.3 Å². The van der Waals surface area contributed by atoms with Crippen LogP contribution < -0.4 is 0 Å². The Morgan fingerprint density at radius 3 is 1.01 bits per heavy atom. The van der Waals surface area contributed by atoms with E-state index < -0.39 is 91.5 Å². The molecule has 0 aromatic heterocycles. The van der Waals surface area contributed by atoms with E-state index in [0.717, 1.165) is 109 Å². The molecular formula is C69H114O16P2. The molecule has 0 saturated carbocycles. The average Bonchev–Trinajstić information content (AvgIpc) is 3.69. The van der Waals surface area contributed by atoms with Gasteiger partial charge in [-0.3, -0.25) is 32.5 Å². The van der Waals surface area contributed by atoms with Crippen molar-refractivity contribution >= 4 is 33.6 Å². The summed E-state index contributed by atoms with van der Waals surface area (Å²) in [5, 5.41) is 20.5. The Bertz CT molecular complexity index is 2120. The molecule has 496 valence electrons. The predicted octanol–water partition coefficient (Wildman–Crippen LogP) is 17.6. The number of allylic oxidation sites excluding steroid dienone is 22. The van der Waals surface area contributed by atoms with Gasteiger partial charge in [-0.05, 0) is 109 Å². The minimum absolute atomic E-state index is 0.0892. The molecule has 0 rings (SSSR count). The normalized spacial score (nSPS) is 15.2. The highest BCUT2D eigenvalue weighted by molar-refractivity contribution is 7.47. The van der Waals surface area contributed by atoms with Crippen LogP contribution in [0.5, 0.6) is 0 Å². The topological polar surface area (TPSA) is 231 Å². The molecule has 5 atom stereocenters. The van der Waals surface area contributed by atoms with Gasteiger partial charge in [0, 0.05) is 19.3 Å². The smallest absolute Gasteiger partial charge is 0.463 e. The fourth-order valence-corrected chi connectivity index (χ4v) is 9.55. The molecule has 0 aliphatic carbocycles. The van der Waals surface area contributed by atoms with Gasteiger partial charge in [-0.1, -0.05) is 231 Å². The monoisotopic (exact) mass is 1260 g/mol. The Labute approximate surface area is 525 Å². The number of esters is 3. The number of hydrogen-bond acceptors (Lipinski definition) is 14. The predicted molar refractivity (Wildman–Crippen MR) is 353 cm³/mol. The zero-order valence-electron chi connectivity index (χ0n) is 53.4. The van der Waals surface area contributed by atoms with Gasteiger partial charge in [0.2, 0.25) is 0 Å². The van der Waals surface area contributed by atoms with Crippen LogP contribution in [-0.4, -0.2) is 95.9 Å². The van der Waals surface area contributed by atoms with Crippen LogP contribution in [0.4, 0.5) is 0 Å². The lowest BCUT2D eigenvalue weighted by atomic mass is 10.0. The van der Waals surface area contributed by atoms with E-state index in [1.165, 1.54) is 51.4 Å². The maximum absolute atomic E-state index is 12.9. The number of phosphoric acid groups is 2. The van der Waals surface area contributed by atoms with Crippen molar-refractivity contribution in [1.29, 1.82) is 0 Å². The third-order valence-corrected chi connectivity index (χ3v) is 14.8. The molecule has 0 aliphatic rings. The van der Waals surface area contributed by atoms with Crippen LogP contribution in [0.3, 0.4) is 0 Å². The second kappa shape index (κ2) is 61.9. The van der Waals surface area contributed by atoms with Gasteiger partial charge in [-0.2, -0.15) is 0 Å². The van der Waals surface area contributed by atoms with Gasteiger partial charge < -0.3 is 34.2 Å². The fourth-order valence-electron chi connectivity index (χ4n) is 7.96. The molecule has 0 aromatic rings. The Kier molecular flexibility index (Phi) is 58.8. The van der Waals surface area contributed by atoms with Gasteiger partial charge in [0.1, 0.15) is 25.4 Å². The largest absolute Gasteiger partial charge is 0.472 e. The SMILES string of the molecule is CC/C=C\C/C=C\C/C=C\C/C=C\C/C=C\C/C=C\CCCCC(=O)OCC(O)COP(=O)(O)OCC(O)COP(=O)(O)OCC(COC(=O)CCC/C=C\C/C=C\C/C=C\C/C=C\C/C=C\CC)OC(=O)CCCCCCCCCCCCCCC. The van der Waals surface area contributed by atoms with Crippen molar-refractivity contribution in [3.05, 3.63) is 134 Å². The molecule has 0 bridgehead atoms. The van der Waals surface area contributed by atoms with Gasteiger partial charge in [0.05, 0.1) is 26.4 Å². The number of unbranched alkanes of at least 4 members (excludes halogenated alkanes) is 15. The Balaban J connectivity index is 4.73. The molecule has 4 N–H and O–H groups in total. The van der Waals surface area contributed by atoms with Crippen molar-refractivity contribution < 1.29 is 75.8 Å². The Hall–Kier alpha value is -4.31. The third-order valence-electron chi connectivity index (χ3n) is 12.9. The van der Waals surface area contributed by atoms with Crippen LogP contribution in [0.25, 0.3) is 0 Å². The van der Waals surface area contributed by atoms with Crippen LogP contribution >= 0.6 is 15.6 Å². The van der Waals surface area contributed by atoms with E-state index >= 15 is 0 Å². The summed E-state index contributed by atoms with van der Waals surface area (Å²) in [6.45, 7) is 2.29. The van der Waals surface area contributed by atoms with Crippen LogP contribution in [0.15, 0.2) is 134 Å². The first-order valence-electron chi connectivity index (χ1n) is 32.5. The van der Waals surface area contributed by atoms with Crippen molar-refractivity contribution in [2.24, 2.45) is 0 Å². The number of aliphatic hydroxyl groups excluding tert-OH is 2. The average molecular weight is 1260 g/mol. The summed E-state index contributed by atoms with van der Waals surface area (Å²) in [4.78, 5) is 58.2. The van der Waals surface area contributed by atoms with E-state index in [9.17, 15) is 43.5 Å². The second-order valence-electron chi connectivity index (χ2n) is 21.2. The number of carbonyl (C=O) groups is 3. The molecule has 0 aromatic carbocycles. The first-order chi connectivity index (χ1) is 42.2. The minimum Gasteiger partial charge on any atom is -0.463 e. The highest BCUT2D eigenvalue weighted by Gasteiger charge is 2.29. The highest BCUT2D eigenvalue weighted by Crippen LogP contribution is 2.45. The van der Waals surface area contributed by atoms with E-state index in [4.69, 9.17) is 32.3 Å². The maximum atomic E-state index is 12.9. The number of aliphatic hydroxyl groups is 2. The lowest BCUT2D eigenvalue weighted by molar-refractivity contribution is -0.161. The van der Waals surface area contributed by atoms with Crippen molar-refractivity contribution in [2.75, 3.05) is 39.6 Å². The molecular weight excluding hydrogens is 1150 g/mol. The molecule has 87 heavy (non-hydrogen) atoms. The first-order valence-corrected chi connectivity index (χ1v) is 35.5. The zero-order chi connectivity index (χ0) is 63.8. The van der Waals surface area contributed by atoms with E-state index in [1.54, 1.807) is 0 Å². The standard InChI is InChI=1S/C69H114O16P2/c1-4-7-10-13-16-19-22-25-27-29-30-31-32-34-36-38-40-43-46-49-52-55-67(72)79-58-64(70)59-81-86(75,76)82-60-65(71)61-83-87(77,78)84-63-66(85-69(74)57-54-51-48-45-42-37-24-21-18-15-12-9-6-3)62-80-68(73)56-53-50-47-44-41-39-35-33-28-26-23-20-17-14-11-8-5-2/h7-8,10-11,16-17,19-20,25-28,30-31,34-36,39-40,43-44,47,64-66,70-71H,4-6,9,12-15,18,21-24,29,32-33,37-38,41-42,45-46,48-63H2,1-3H3,(H,75,76)(H,77,78)/b10-7-,11-8-,19-16-,20-17-,27-25-,28-26-,31-30-,36-34-,39-35-,43-40-,47-44-. The van der Waals surface area contributed by atoms with E-state index in [0.29, 0.717) is 25.7 Å². The summed E-state index contributed by atoms with van der Waals surface area (Å²) < 4.78 is 60.7. The fraction of sp³-hybridized carbons (Fsp3) is 0.638. The van der Waals surface area contributed by atoms with Crippen LogP contribution in [0.2, 0.25) is 0 Å². The molecule has 0 radical (unpaired) electrons. The number of carbonyl (C=O) groups excluding carboxylic acids is 3. The number of ether oxygens (including phenoxy) is 3. The lowest BCUT2D eigenvalue weighted by Crippen LogP contribution is -2.30. The van der Waals surface area contributed by atoms with Crippen molar-refractivity contribution in [3.8, 4) is 0 Å². The highest BCUT2D eigenvalue weighted by atomic mass is 31.2. The number of rotatable bonds is 60. The van der Waals surface area contributed by atoms with Gasteiger partial charge in [0.15, 0.2) is 6.10 Å².